The first-order valence-electron chi connectivity index (χ1n) is 4.56. The van der Waals surface area contributed by atoms with Crippen LogP contribution in [0.3, 0.4) is 0 Å². The Morgan fingerprint density at radius 1 is 1.36 bits per heavy atom. The zero-order valence-electron chi connectivity index (χ0n) is 7.68. The zero-order chi connectivity index (χ0) is 10.0. The average Bonchev–Trinajstić information content (AvgIpc) is 2.47. The lowest BCUT2D eigenvalue weighted by Crippen LogP contribution is -2.44. The molecule has 1 aliphatic rings. The molecule has 1 fully saturated rings. The number of rotatable bonds is 2. The molecule has 1 unspecified atom stereocenters. The Morgan fingerprint density at radius 2 is 2.07 bits per heavy atom. The summed E-state index contributed by atoms with van der Waals surface area (Å²) in [6.07, 6.45) is -1.43. The van der Waals surface area contributed by atoms with Crippen LogP contribution in [-0.2, 0) is 11.2 Å². The van der Waals surface area contributed by atoms with Gasteiger partial charge in [0.25, 0.3) is 0 Å². The Balaban J connectivity index is 1.94. The standard InChI is InChI=1S/C10H13NO3/c12-10(13)11-9(7-14-10)6-8-4-2-1-3-5-8/h1-5,9,11-13H,6-7H2. The fourth-order valence-electron chi connectivity index (χ4n) is 1.57. The third-order valence-electron chi connectivity index (χ3n) is 2.20. The minimum Gasteiger partial charge on any atom is -0.330 e. The first kappa shape index (κ1) is 9.61. The molecule has 76 valence electrons. The van der Waals surface area contributed by atoms with E-state index in [2.05, 4.69) is 5.32 Å². The van der Waals surface area contributed by atoms with Gasteiger partial charge in [0.1, 0.15) is 0 Å². The topological polar surface area (TPSA) is 61.7 Å². The maximum Gasteiger partial charge on any atom is 0.346 e. The second-order valence-corrected chi connectivity index (χ2v) is 3.45. The van der Waals surface area contributed by atoms with E-state index < -0.39 is 6.10 Å². The molecule has 4 nitrogen and oxygen atoms in total. The molecule has 1 aromatic rings. The largest absolute Gasteiger partial charge is 0.346 e. The molecule has 0 aliphatic carbocycles. The van der Waals surface area contributed by atoms with Crippen molar-refractivity contribution in [2.75, 3.05) is 6.61 Å². The van der Waals surface area contributed by atoms with Gasteiger partial charge >= 0.3 is 6.10 Å². The lowest BCUT2D eigenvalue weighted by Gasteiger charge is -2.14. The average molecular weight is 195 g/mol. The van der Waals surface area contributed by atoms with Crippen molar-refractivity contribution < 1.29 is 14.9 Å². The van der Waals surface area contributed by atoms with Crippen LogP contribution >= 0.6 is 0 Å². The molecule has 4 heteroatoms. The molecule has 0 amide bonds. The summed E-state index contributed by atoms with van der Waals surface area (Å²) < 4.78 is 4.73. The predicted octanol–water partition coefficient (Wildman–Crippen LogP) is -0.187. The normalized spacial score (nSPS) is 25.1. The van der Waals surface area contributed by atoms with Gasteiger partial charge in [-0.1, -0.05) is 30.3 Å². The first-order valence-corrected chi connectivity index (χ1v) is 4.56. The van der Waals surface area contributed by atoms with Crippen molar-refractivity contribution in [2.24, 2.45) is 0 Å². The lowest BCUT2D eigenvalue weighted by atomic mass is 10.1. The van der Waals surface area contributed by atoms with Gasteiger partial charge in [-0.15, -0.1) is 0 Å². The Kier molecular flexibility index (Phi) is 2.52. The second-order valence-electron chi connectivity index (χ2n) is 3.45. The van der Waals surface area contributed by atoms with Crippen molar-refractivity contribution in [1.82, 2.24) is 5.32 Å². The van der Waals surface area contributed by atoms with Gasteiger partial charge < -0.3 is 14.9 Å². The minimum atomic E-state index is -2.15. The molecule has 2 rings (SSSR count). The summed E-state index contributed by atoms with van der Waals surface area (Å²) in [5, 5.41) is 20.7. The molecule has 1 atom stereocenters. The SMILES string of the molecule is OC1(O)NC(Cc2ccccc2)CO1. The van der Waals surface area contributed by atoms with E-state index in [0.717, 1.165) is 12.0 Å². The van der Waals surface area contributed by atoms with Crippen LogP contribution in [0.2, 0.25) is 0 Å². The fourth-order valence-corrected chi connectivity index (χ4v) is 1.57. The Morgan fingerprint density at radius 3 is 2.64 bits per heavy atom. The number of hydrogen-bond acceptors (Lipinski definition) is 4. The summed E-state index contributed by atoms with van der Waals surface area (Å²) >= 11 is 0. The highest BCUT2D eigenvalue weighted by Crippen LogP contribution is 2.13. The van der Waals surface area contributed by atoms with Crippen LogP contribution in [0.15, 0.2) is 30.3 Å². The van der Waals surface area contributed by atoms with Gasteiger partial charge in [0.15, 0.2) is 0 Å². The van der Waals surface area contributed by atoms with E-state index in [1.807, 2.05) is 30.3 Å². The van der Waals surface area contributed by atoms with E-state index in [-0.39, 0.29) is 6.04 Å². The van der Waals surface area contributed by atoms with Crippen molar-refractivity contribution in [1.29, 1.82) is 0 Å². The number of hydrogen-bond donors (Lipinski definition) is 3. The van der Waals surface area contributed by atoms with Gasteiger partial charge in [0.2, 0.25) is 0 Å². The molecule has 1 aromatic carbocycles. The smallest absolute Gasteiger partial charge is 0.330 e. The fraction of sp³-hybridized carbons (Fsp3) is 0.400. The van der Waals surface area contributed by atoms with Crippen molar-refractivity contribution >= 4 is 0 Å². The molecule has 3 N–H and O–H groups in total. The van der Waals surface area contributed by atoms with Crippen LogP contribution in [0.1, 0.15) is 5.56 Å². The summed E-state index contributed by atoms with van der Waals surface area (Å²) in [5.74, 6) is 0. The van der Waals surface area contributed by atoms with Crippen molar-refractivity contribution in [3.8, 4) is 0 Å². The van der Waals surface area contributed by atoms with Crippen LogP contribution in [0.4, 0.5) is 0 Å². The number of ether oxygens (including phenoxy) is 1. The van der Waals surface area contributed by atoms with E-state index in [0.29, 0.717) is 6.61 Å². The highest BCUT2D eigenvalue weighted by Gasteiger charge is 2.35. The van der Waals surface area contributed by atoms with Gasteiger partial charge in [-0.3, -0.25) is 0 Å². The first-order chi connectivity index (χ1) is 6.66. The molecule has 0 radical (unpaired) electrons. The van der Waals surface area contributed by atoms with Crippen molar-refractivity contribution in [3.05, 3.63) is 35.9 Å². The van der Waals surface area contributed by atoms with Gasteiger partial charge in [0, 0.05) is 6.04 Å². The maximum absolute atomic E-state index is 9.07. The summed E-state index contributed by atoms with van der Waals surface area (Å²) in [4.78, 5) is 0. The molecule has 1 aliphatic heterocycles. The molecular weight excluding hydrogens is 182 g/mol. The van der Waals surface area contributed by atoms with Crippen molar-refractivity contribution in [2.45, 2.75) is 18.6 Å². The van der Waals surface area contributed by atoms with Crippen LogP contribution < -0.4 is 5.32 Å². The maximum atomic E-state index is 9.07. The van der Waals surface area contributed by atoms with E-state index in [9.17, 15) is 0 Å². The molecule has 1 heterocycles. The van der Waals surface area contributed by atoms with E-state index in [1.54, 1.807) is 0 Å². The van der Waals surface area contributed by atoms with Crippen LogP contribution in [-0.4, -0.2) is 29.0 Å². The third kappa shape index (κ3) is 2.30. The molecule has 0 bridgehead atoms. The minimum absolute atomic E-state index is 0.0487. The Labute approximate surface area is 82.1 Å². The van der Waals surface area contributed by atoms with Crippen LogP contribution in [0.5, 0.6) is 0 Å². The Bertz CT molecular complexity index is 299. The number of benzene rings is 1. The summed E-state index contributed by atoms with van der Waals surface area (Å²) in [6.45, 7) is 0.307. The van der Waals surface area contributed by atoms with Crippen LogP contribution in [0.25, 0.3) is 0 Å². The van der Waals surface area contributed by atoms with Gasteiger partial charge in [-0.25, -0.2) is 5.32 Å². The van der Waals surface area contributed by atoms with Crippen LogP contribution in [0, 0.1) is 0 Å². The van der Waals surface area contributed by atoms with E-state index in [1.165, 1.54) is 0 Å². The molecule has 0 spiro atoms. The molecule has 0 saturated carbocycles. The molecule has 1 saturated heterocycles. The Hall–Kier alpha value is -0.940. The summed E-state index contributed by atoms with van der Waals surface area (Å²) in [7, 11) is 0. The highest BCUT2D eigenvalue weighted by atomic mass is 16.8. The number of nitrogens with one attached hydrogen (secondary N) is 1. The number of aliphatic hydroxyl groups is 2. The quantitative estimate of drug-likeness (QED) is 0.573. The summed E-state index contributed by atoms with van der Waals surface area (Å²) in [5.41, 5.74) is 1.14. The highest BCUT2D eigenvalue weighted by molar-refractivity contribution is 5.16. The van der Waals surface area contributed by atoms with Gasteiger partial charge in [-0.05, 0) is 12.0 Å². The molecule has 0 aromatic heterocycles. The molecule has 14 heavy (non-hydrogen) atoms. The van der Waals surface area contributed by atoms with E-state index in [4.69, 9.17) is 14.9 Å². The van der Waals surface area contributed by atoms with E-state index >= 15 is 0 Å². The third-order valence-corrected chi connectivity index (χ3v) is 2.20. The van der Waals surface area contributed by atoms with Gasteiger partial charge in [-0.2, -0.15) is 0 Å². The lowest BCUT2D eigenvalue weighted by molar-refractivity contribution is -0.327. The summed E-state index contributed by atoms with van der Waals surface area (Å²) in [6, 6.07) is 9.80. The van der Waals surface area contributed by atoms with Gasteiger partial charge in [0.05, 0.1) is 6.61 Å². The zero-order valence-corrected chi connectivity index (χ0v) is 7.68. The molecular formula is C10H13NO3. The predicted molar refractivity (Wildman–Crippen MR) is 50.2 cm³/mol. The van der Waals surface area contributed by atoms with Crippen molar-refractivity contribution in [3.63, 3.8) is 0 Å². The second kappa shape index (κ2) is 3.67. The monoisotopic (exact) mass is 195 g/mol.